The van der Waals surface area contributed by atoms with Gasteiger partial charge in [-0.3, -0.25) is 14.2 Å². The second-order valence-electron chi connectivity index (χ2n) is 7.42. The van der Waals surface area contributed by atoms with E-state index in [1.54, 1.807) is 30.4 Å². The van der Waals surface area contributed by atoms with Crippen LogP contribution >= 0.6 is 11.3 Å². The van der Waals surface area contributed by atoms with Crippen LogP contribution in [0.5, 0.6) is 11.5 Å². The number of aromatic nitrogens is 2. The van der Waals surface area contributed by atoms with Gasteiger partial charge in [-0.15, -0.1) is 11.3 Å². The molecule has 0 unspecified atom stereocenters. The Hall–Kier alpha value is -3.20. The van der Waals surface area contributed by atoms with E-state index in [0.29, 0.717) is 23.3 Å². The van der Waals surface area contributed by atoms with Crippen molar-refractivity contribution in [2.75, 3.05) is 6.61 Å². The molecule has 3 aromatic rings. The number of aromatic hydroxyl groups is 1. The topological polar surface area (TPSA) is 106 Å². The molecule has 0 bridgehead atoms. The van der Waals surface area contributed by atoms with E-state index >= 15 is 0 Å². The first-order valence-electron chi connectivity index (χ1n) is 10.3. The molecule has 31 heavy (non-hydrogen) atoms. The highest BCUT2D eigenvalue weighted by molar-refractivity contribution is 7.18. The number of phenols is 1. The quantitative estimate of drug-likeness (QED) is 0.452. The first-order valence-corrected chi connectivity index (χ1v) is 11.1. The summed E-state index contributed by atoms with van der Waals surface area (Å²) in [6.45, 7) is 3.89. The Morgan fingerprint density at radius 2 is 2.23 bits per heavy atom. The van der Waals surface area contributed by atoms with Crippen molar-refractivity contribution in [2.45, 2.75) is 45.6 Å². The molecule has 1 aliphatic carbocycles. The van der Waals surface area contributed by atoms with Gasteiger partial charge in [0.25, 0.3) is 11.5 Å². The molecular weight excluding hydrogens is 416 g/mol. The average molecular weight is 441 g/mol. The fourth-order valence-corrected chi connectivity index (χ4v) is 4.93. The molecule has 1 aliphatic rings. The second kappa shape index (κ2) is 8.89. The van der Waals surface area contributed by atoms with E-state index in [4.69, 9.17) is 4.74 Å². The number of benzene rings is 1. The van der Waals surface area contributed by atoms with Crippen molar-refractivity contribution in [3.63, 3.8) is 0 Å². The van der Waals surface area contributed by atoms with Crippen LogP contribution in [0.3, 0.4) is 0 Å². The summed E-state index contributed by atoms with van der Waals surface area (Å²) in [6.07, 6.45) is 6.97. The van der Waals surface area contributed by atoms with Gasteiger partial charge in [-0.1, -0.05) is 0 Å². The Balaban J connectivity index is 1.51. The molecule has 2 heterocycles. The van der Waals surface area contributed by atoms with Gasteiger partial charge in [0.15, 0.2) is 11.5 Å². The molecule has 0 saturated heterocycles. The standard InChI is InChI=1S/C22H24N4O4S/c1-3-30-17-10-14(8-9-16(17)27)11-24-25-20(28)13(2)26-12-23-21-19(22(26)29)15-6-4-5-7-18(15)31-21/h8-13,27H,3-7H2,1-2H3,(H,25,28)/b24-11-/t13-/m1/s1. The summed E-state index contributed by atoms with van der Waals surface area (Å²) in [6, 6.07) is 4.01. The first-order chi connectivity index (χ1) is 15.0. The third-order valence-corrected chi connectivity index (χ3v) is 6.57. The van der Waals surface area contributed by atoms with Crippen LogP contribution in [0.15, 0.2) is 34.4 Å². The lowest BCUT2D eigenvalue weighted by Gasteiger charge is -2.14. The third-order valence-electron chi connectivity index (χ3n) is 5.37. The van der Waals surface area contributed by atoms with Crippen molar-refractivity contribution in [2.24, 2.45) is 5.10 Å². The number of carbonyl (C=O) groups excluding carboxylic acids is 1. The molecule has 1 aromatic carbocycles. The average Bonchev–Trinajstić information content (AvgIpc) is 3.15. The van der Waals surface area contributed by atoms with Crippen molar-refractivity contribution >= 4 is 33.7 Å². The van der Waals surface area contributed by atoms with E-state index in [0.717, 1.165) is 36.1 Å². The van der Waals surface area contributed by atoms with Crippen molar-refractivity contribution in [3.05, 3.63) is 50.9 Å². The van der Waals surface area contributed by atoms with Crippen LogP contribution in [0, 0.1) is 0 Å². The highest BCUT2D eigenvalue weighted by Crippen LogP contribution is 2.33. The lowest BCUT2D eigenvalue weighted by atomic mass is 9.97. The Morgan fingerprint density at radius 1 is 1.42 bits per heavy atom. The maximum absolute atomic E-state index is 13.1. The number of hydrogen-bond acceptors (Lipinski definition) is 7. The van der Waals surface area contributed by atoms with Crippen LogP contribution in [0.1, 0.15) is 48.7 Å². The highest BCUT2D eigenvalue weighted by atomic mass is 32.1. The van der Waals surface area contributed by atoms with Gasteiger partial charge in [0, 0.05) is 4.88 Å². The molecule has 162 valence electrons. The van der Waals surface area contributed by atoms with Gasteiger partial charge in [0.05, 0.1) is 24.5 Å². The van der Waals surface area contributed by atoms with E-state index in [2.05, 4.69) is 15.5 Å². The molecule has 1 atom stereocenters. The van der Waals surface area contributed by atoms with Gasteiger partial charge in [-0.05, 0) is 68.9 Å². The van der Waals surface area contributed by atoms with Crippen LogP contribution in [0.4, 0.5) is 0 Å². The smallest absolute Gasteiger partial charge is 0.263 e. The molecule has 0 aliphatic heterocycles. The fourth-order valence-electron chi connectivity index (χ4n) is 3.71. The number of rotatable bonds is 6. The van der Waals surface area contributed by atoms with Crippen LogP contribution in [-0.4, -0.2) is 33.4 Å². The zero-order valence-corrected chi connectivity index (χ0v) is 18.2. The van der Waals surface area contributed by atoms with E-state index < -0.39 is 11.9 Å². The number of ether oxygens (including phenoxy) is 1. The fraction of sp³-hybridized carbons (Fsp3) is 0.364. The maximum Gasteiger partial charge on any atom is 0.263 e. The van der Waals surface area contributed by atoms with E-state index in [9.17, 15) is 14.7 Å². The Bertz CT molecular complexity index is 1210. The number of nitrogens with one attached hydrogen (secondary N) is 1. The summed E-state index contributed by atoms with van der Waals surface area (Å²) in [5.74, 6) is -0.0434. The molecule has 0 spiro atoms. The van der Waals surface area contributed by atoms with Crippen molar-refractivity contribution < 1.29 is 14.6 Å². The predicted octanol–water partition coefficient (Wildman–Crippen LogP) is 3.15. The van der Waals surface area contributed by atoms with Crippen molar-refractivity contribution in [3.8, 4) is 11.5 Å². The third kappa shape index (κ3) is 4.18. The van der Waals surface area contributed by atoms with E-state index in [1.807, 2.05) is 6.92 Å². The van der Waals surface area contributed by atoms with Crippen LogP contribution in [0.2, 0.25) is 0 Å². The Kier molecular flexibility index (Phi) is 6.03. The molecule has 0 saturated carbocycles. The minimum atomic E-state index is -0.764. The lowest BCUT2D eigenvalue weighted by Crippen LogP contribution is -2.34. The zero-order valence-electron chi connectivity index (χ0n) is 17.4. The molecule has 1 amide bonds. The monoisotopic (exact) mass is 440 g/mol. The SMILES string of the molecule is CCOc1cc(/C=N\NC(=O)[C@@H](C)n2cnc3sc4c(c3c2=O)CCCC4)ccc1O. The minimum absolute atomic E-state index is 0.0366. The van der Waals surface area contributed by atoms with Gasteiger partial charge in [-0.2, -0.15) is 5.10 Å². The number of thiophene rings is 1. The Labute approximate surface area is 183 Å². The maximum atomic E-state index is 13.1. The number of fused-ring (bicyclic) bond motifs is 3. The second-order valence-corrected chi connectivity index (χ2v) is 8.50. The number of carbonyl (C=O) groups is 1. The Morgan fingerprint density at radius 3 is 3.03 bits per heavy atom. The number of aryl methyl sites for hydroxylation is 2. The van der Waals surface area contributed by atoms with Gasteiger partial charge >= 0.3 is 0 Å². The summed E-state index contributed by atoms with van der Waals surface area (Å²) >= 11 is 1.58. The largest absolute Gasteiger partial charge is 0.504 e. The highest BCUT2D eigenvalue weighted by Gasteiger charge is 2.23. The molecule has 2 N–H and O–H groups in total. The van der Waals surface area contributed by atoms with E-state index in [-0.39, 0.29) is 11.3 Å². The summed E-state index contributed by atoms with van der Waals surface area (Å²) < 4.78 is 6.70. The van der Waals surface area contributed by atoms with Crippen LogP contribution in [0.25, 0.3) is 10.2 Å². The van der Waals surface area contributed by atoms with Gasteiger partial charge in [-0.25, -0.2) is 10.4 Å². The van der Waals surface area contributed by atoms with Gasteiger partial charge in [0.2, 0.25) is 0 Å². The van der Waals surface area contributed by atoms with Crippen LogP contribution in [-0.2, 0) is 17.6 Å². The van der Waals surface area contributed by atoms with E-state index in [1.165, 1.54) is 28.1 Å². The van der Waals surface area contributed by atoms with Crippen LogP contribution < -0.4 is 15.7 Å². The molecule has 4 rings (SSSR count). The number of phenolic OH excluding ortho intramolecular Hbond substituents is 1. The minimum Gasteiger partial charge on any atom is -0.504 e. The summed E-state index contributed by atoms with van der Waals surface area (Å²) in [5, 5.41) is 14.4. The first kappa shape index (κ1) is 21.0. The summed E-state index contributed by atoms with van der Waals surface area (Å²) in [4.78, 5) is 32.1. The summed E-state index contributed by atoms with van der Waals surface area (Å²) in [7, 11) is 0. The number of hydrazone groups is 1. The molecule has 8 nitrogen and oxygen atoms in total. The number of hydrogen-bond donors (Lipinski definition) is 2. The molecule has 2 aromatic heterocycles. The summed E-state index contributed by atoms with van der Waals surface area (Å²) in [5.41, 5.74) is 4.04. The lowest BCUT2D eigenvalue weighted by molar-refractivity contribution is -0.123. The van der Waals surface area contributed by atoms with Gasteiger partial charge in [0.1, 0.15) is 10.9 Å². The molecule has 9 heteroatoms. The normalized spacial score (nSPS) is 14.5. The van der Waals surface area contributed by atoms with Crippen molar-refractivity contribution in [1.82, 2.24) is 15.0 Å². The number of amides is 1. The molecule has 0 fully saturated rings. The van der Waals surface area contributed by atoms with Crippen molar-refractivity contribution in [1.29, 1.82) is 0 Å². The number of nitrogens with zero attached hydrogens (tertiary/aromatic N) is 3. The van der Waals surface area contributed by atoms with Gasteiger partial charge < -0.3 is 9.84 Å². The predicted molar refractivity (Wildman–Crippen MR) is 120 cm³/mol. The molecular formula is C22H24N4O4S. The molecule has 0 radical (unpaired) electrons. The zero-order chi connectivity index (χ0) is 22.0.